The molecule has 20 heavy (non-hydrogen) atoms. The third-order valence-corrected chi connectivity index (χ3v) is 4.82. The topological polar surface area (TPSA) is 63.4 Å². The van der Waals surface area contributed by atoms with E-state index in [1.54, 1.807) is 12.1 Å². The summed E-state index contributed by atoms with van der Waals surface area (Å²) in [5.74, 6) is -0.574. The fraction of sp³-hybridized carbons (Fsp3) is 0.143. The van der Waals surface area contributed by atoms with E-state index in [4.69, 9.17) is 5.73 Å². The van der Waals surface area contributed by atoms with Crippen LogP contribution in [0.5, 0.6) is 0 Å². The highest BCUT2D eigenvalue weighted by molar-refractivity contribution is 7.92. The van der Waals surface area contributed by atoms with Gasteiger partial charge in [0, 0.05) is 7.05 Å². The van der Waals surface area contributed by atoms with Crippen LogP contribution in [0.25, 0.3) is 0 Å². The van der Waals surface area contributed by atoms with Crippen LogP contribution >= 0.6 is 0 Å². The van der Waals surface area contributed by atoms with Crippen molar-refractivity contribution in [2.75, 3.05) is 17.1 Å². The number of aryl methyl sites for hydroxylation is 1. The molecule has 0 aliphatic rings. The Bertz CT molecular complexity index is 727. The summed E-state index contributed by atoms with van der Waals surface area (Å²) in [6, 6.07) is 10.3. The number of nitrogens with zero attached hydrogens (tertiary/aromatic N) is 1. The predicted molar refractivity (Wildman–Crippen MR) is 77.6 cm³/mol. The van der Waals surface area contributed by atoms with Gasteiger partial charge >= 0.3 is 0 Å². The van der Waals surface area contributed by atoms with Gasteiger partial charge in [0.15, 0.2) is 0 Å². The van der Waals surface area contributed by atoms with Crippen molar-refractivity contribution in [2.45, 2.75) is 11.8 Å². The number of nitrogens with two attached hydrogens (primary N) is 1. The SMILES string of the molecule is Cc1ccc(S(=O)(=O)N(C)c2ccc(F)c(N)c2)cc1. The van der Waals surface area contributed by atoms with Crippen molar-refractivity contribution in [3.05, 3.63) is 53.8 Å². The van der Waals surface area contributed by atoms with E-state index in [-0.39, 0.29) is 10.6 Å². The second-order valence-corrected chi connectivity index (χ2v) is 6.46. The van der Waals surface area contributed by atoms with Gasteiger partial charge in [-0.15, -0.1) is 0 Å². The van der Waals surface area contributed by atoms with E-state index in [0.717, 1.165) is 15.9 Å². The van der Waals surface area contributed by atoms with E-state index >= 15 is 0 Å². The number of rotatable bonds is 3. The molecule has 0 aliphatic carbocycles. The molecule has 2 N–H and O–H groups in total. The van der Waals surface area contributed by atoms with E-state index in [2.05, 4.69) is 0 Å². The van der Waals surface area contributed by atoms with Gasteiger partial charge in [0.25, 0.3) is 10.0 Å². The average molecular weight is 294 g/mol. The van der Waals surface area contributed by atoms with Crippen LogP contribution in [0.3, 0.4) is 0 Å². The van der Waals surface area contributed by atoms with Gasteiger partial charge in [-0.1, -0.05) is 17.7 Å². The summed E-state index contributed by atoms with van der Waals surface area (Å²) < 4.78 is 39.1. The van der Waals surface area contributed by atoms with Crippen molar-refractivity contribution in [3.63, 3.8) is 0 Å². The van der Waals surface area contributed by atoms with E-state index in [9.17, 15) is 12.8 Å². The zero-order valence-electron chi connectivity index (χ0n) is 11.2. The number of hydrogen-bond donors (Lipinski definition) is 1. The van der Waals surface area contributed by atoms with Crippen LogP contribution in [0.2, 0.25) is 0 Å². The number of anilines is 2. The number of halogens is 1. The van der Waals surface area contributed by atoms with Crippen molar-refractivity contribution in [2.24, 2.45) is 0 Å². The van der Waals surface area contributed by atoms with Crippen LogP contribution in [-0.4, -0.2) is 15.5 Å². The lowest BCUT2D eigenvalue weighted by molar-refractivity contribution is 0.594. The first kappa shape index (κ1) is 14.3. The molecule has 0 spiro atoms. The summed E-state index contributed by atoms with van der Waals surface area (Å²) in [4.78, 5) is 0.175. The van der Waals surface area contributed by atoms with E-state index in [1.165, 1.54) is 31.3 Å². The Labute approximate surface area is 117 Å². The first-order valence-electron chi connectivity index (χ1n) is 5.93. The first-order valence-corrected chi connectivity index (χ1v) is 7.37. The maximum Gasteiger partial charge on any atom is 0.264 e. The molecule has 106 valence electrons. The number of nitrogen functional groups attached to an aromatic ring is 1. The summed E-state index contributed by atoms with van der Waals surface area (Å²) in [5.41, 5.74) is 6.65. The molecule has 4 nitrogen and oxygen atoms in total. The quantitative estimate of drug-likeness (QED) is 0.885. The zero-order valence-corrected chi connectivity index (χ0v) is 12.0. The number of hydrogen-bond acceptors (Lipinski definition) is 3. The fourth-order valence-corrected chi connectivity index (χ4v) is 2.92. The van der Waals surface area contributed by atoms with Gasteiger partial charge in [0.1, 0.15) is 5.82 Å². The molecule has 0 atom stereocenters. The molecule has 2 aromatic carbocycles. The molecule has 2 aromatic rings. The third-order valence-electron chi connectivity index (χ3n) is 3.02. The molecule has 0 saturated carbocycles. The molecule has 0 unspecified atom stereocenters. The van der Waals surface area contributed by atoms with Gasteiger partial charge in [-0.25, -0.2) is 12.8 Å². The monoisotopic (exact) mass is 294 g/mol. The maximum absolute atomic E-state index is 13.1. The average Bonchev–Trinajstić information content (AvgIpc) is 2.41. The summed E-state index contributed by atoms with van der Waals surface area (Å²) in [6.45, 7) is 1.88. The second kappa shape index (κ2) is 5.13. The zero-order chi connectivity index (χ0) is 14.9. The van der Waals surface area contributed by atoms with E-state index in [0.29, 0.717) is 5.69 Å². The fourth-order valence-electron chi connectivity index (χ4n) is 1.73. The van der Waals surface area contributed by atoms with E-state index < -0.39 is 15.8 Å². The van der Waals surface area contributed by atoms with Crippen LogP contribution in [0.15, 0.2) is 47.4 Å². The molecular formula is C14H15FN2O2S. The molecule has 0 bridgehead atoms. The Morgan fingerprint density at radius 1 is 1.10 bits per heavy atom. The Balaban J connectivity index is 2.42. The van der Waals surface area contributed by atoms with Gasteiger partial charge < -0.3 is 5.73 Å². The molecule has 0 heterocycles. The van der Waals surface area contributed by atoms with Gasteiger partial charge in [-0.2, -0.15) is 0 Å². The van der Waals surface area contributed by atoms with Gasteiger partial charge in [-0.05, 0) is 37.3 Å². The van der Waals surface area contributed by atoms with Gasteiger partial charge in [0.05, 0.1) is 16.3 Å². The first-order chi connectivity index (χ1) is 9.32. The third kappa shape index (κ3) is 2.60. The predicted octanol–water partition coefficient (Wildman–Crippen LogP) is 2.54. The van der Waals surface area contributed by atoms with Crippen molar-refractivity contribution in [1.29, 1.82) is 0 Å². The second-order valence-electron chi connectivity index (χ2n) is 4.49. The summed E-state index contributed by atoms with van der Waals surface area (Å²) in [7, 11) is -2.28. The van der Waals surface area contributed by atoms with Gasteiger partial charge in [-0.3, -0.25) is 4.31 Å². The Morgan fingerprint density at radius 2 is 1.70 bits per heavy atom. The maximum atomic E-state index is 13.1. The Morgan fingerprint density at radius 3 is 2.25 bits per heavy atom. The molecule has 0 saturated heterocycles. The smallest absolute Gasteiger partial charge is 0.264 e. The molecule has 2 rings (SSSR count). The highest BCUT2D eigenvalue weighted by Crippen LogP contribution is 2.25. The molecule has 0 aromatic heterocycles. The van der Waals surface area contributed by atoms with Crippen molar-refractivity contribution in [3.8, 4) is 0 Å². The molecule has 0 fully saturated rings. The highest BCUT2D eigenvalue weighted by atomic mass is 32.2. The summed E-state index contributed by atoms with van der Waals surface area (Å²) >= 11 is 0. The van der Waals surface area contributed by atoms with Crippen molar-refractivity contribution >= 4 is 21.4 Å². The molecule has 0 aliphatic heterocycles. The summed E-state index contributed by atoms with van der Waals surface area (Å²) in [6.07, 6.45) is 0. The molecule has 0 amide bonds. The number of benzene rings is 2. The minimum Gasteiger partial charge on any atom is -0.396 e. The molecule has 0 radical (unpaired) electrons. The van der Waals surface area contributed by atoms with Crippen molar-refractivity contribution in [1.82, 2.24) is 0 Å². The normalized spacial score (nSPS) is 11.3. The Kier molecular flexibility index (Phi) is 3.67. The van der Waals surface area contributed by atoms with Crippen LogP contribution in [0.4, 0.5) is 15.8 Å². The lowest BCUT2D eigenvalue weighted by Crippen LogP contribution is -2.26. The standard InChI is InChI=1S/C14H15FN2O2S/c1-10-3-6-12(7-4-10)20(18,19)17(2)11-5-8-13(15)14(16)9-11/h3-9H,16H2,1-2H3. The highest BCUT2D eigenvalue weighted by Gasteiger charge is 2.21. The van der Waals surface area contributed by atoms with Crippen LogP contribution in [-0.2, 0) is 10.0 Å². The Hall–Kier alpha value is -2.08. The van der Waals surface area contributed by atoms with E-state index in [1.807, 2.05) is 6.92 Å². The lowest BCUT2D eigenvalue weighted by atomic mass is 10.2. The summed E-state index contributed by atoms with van der Waals surface area (Å²) in [5, 5.41) is 0. The minimum absolute atomic E-state index is 0.0894. The van der Waals surface area contributed by atoms with Crippen LogP contribution in [0.1, 0.15) is 5.56 Å². The number of sulfonamides is 1. The largest absolute Gasteiger partial charge is 0.396 e. The van der Waals surface area contributed by atoms with Crippen molar-refractivity contribution < 1.29 is 12.8 Å². The van der Waals surface area contributed by atoms with Gasteiger partial charge in [0.2, 0.25) is 0 Å². The molecular weight excluding hydrogens is 279 g/mol. The van der Waals surface area contributed by atoms with Crippen LogP contribution in [0, 0.1) is 12.7 Å². The van der Waals surface area contributed by atoms with Crippen LogP contribution < -0.4 is 10.0 Å². The minimum atomic E-state index is -3.68. The molecule has 6 heteroatoms. The lowest BCUT2D eigenvalue weighted by Gasteiger charge is -2.20.